The zero-order chi connectivity index (χ0) is 8.20. The molecule has 0 aromatic heterocycles. The van der Waals surface area contributed by atoms with Crippen molar-refractivity contribution < 1.29 is 5.21 Å². The van der Waals surface area contributed by atoms with Gasteiger partial charge in [0, 0.05) is 0 Å². The predicted molar refractivity (Wildman–Crippen MR) is 42.7 cm³/mol. The lowest BCUT2D eigenvalue weighted by molar-refractivity contribution is 0.311. The number of oxime groups is 1. The van der Waals surface area contributed by atoms with Crippen LogP contribution < -0.4 is 5.32 Å². The number of hydrogen-bond donors (Lipinski definition) is 2. The summed E-state index contributed by atoms with van der Waals surface area (Å²) in [4.78, 5) is 0. The lowest BCUT2D eigenvalue weighted by Gasteiger charge is -2.24. The highest BCUT2D eigenvalue weighted by Gasteiger charge is 2.19. The normalized spacial score (nSPS) is 13.8. The molecule has 3 heteroatoms. The van der Waals surface area contributed by atoms with Gasteiger partial charge in [-0.25, -0.2) is 0 Å². The monoisotopic (exact) mass is 144 g/mol. The van der Waals surface area contributed by atoms with Gasteiger partial charge in [-0.2, -0.15) is 0 Å². The summed E-state index contributed by atoms with van der Waals surface area (Å²) in [5.41, 5.74) is 0.512. The first-order valence-corrected chi connectivity index (χ1v) is 3.48. The summed E-state index contributed by atoms with van der Waals surface area (Å²) >= 11 is 0. The van der Waals surface area contributed by atoms with Gasteiger partial charge in [0.05, 0.1) is 11.3 Å². The second kappa shape index (κ2) is 3.56. The van der Waals surface area contributed by atoms with Crippen molar-refractivity contribution in [1.82, 2.24) is 5.32 Å². The minimum absolute atomic E-state index is 0.191. The topological polar surface area (TPSA) is 44.6 Å². The van der Waals surface area contributed by atoms with E-state index in [4.69, 9.17) is 5.21 Å². The Kier molecular flexibility index (Phi) is 3.36. The molecule has 0 aromatic rings. The van der Waals surface area contributed by atoms with Gasteiger partial charge in [-0.05, 0) is 27.3 Å². The van der Waals surface area contributed by atoms with Crippen LogP contribution in [0, 0.1) is 0 Å². The maximum Gasteiger partial charge on any atom is 0.0734 e. The largest absolute Gasteiger partial charge is 0.411 e. The molecular formula is C7H16N2O. The Labute approximate surface area is 62.1 Å². The summed E-state index contributed by atoms with van der Waals surface area (Å²) < 4.78 is 0. The molecular weight excluding hydrogens is 128 g/mol. The fraction of sp³-hybridized carbons (Fsp3) is 0.857. The van der Waals surface area contributed by atoms with Crippen LogP contribution in [-0.2, 0) is 0 Å². The van der Waals surface area contributed by atoms with Crippen LogP contribution in [-0.4, -0.2) is 23.0 Å². The van der Waals surface area contributed by atoms with Gasteiger partial charge >= 0.3 is 0 Å². The van der Waals surface area contributed by atoms with Crippen LogP contribution >= 0.6 is 0 Å². The zero-order valence-electron chi connectivity index (χ0n) is 7.10. The average molecular weight is 144 g/mol. The van der Waals surface area contributed by atoms with E-state index in [0.717, 1.165) is 6.54 Å². The highest BCUT2D eigenvalue weighted by Crippen LogP contribution is 2.03. The Morgan fingerprint density at radius 2 is 2.10 bits per heavy atom. The Bertz CT molecular complexity index is 130. The minimum Gasteiger partial charge on any atom is -0.411 e. The third-order valence-corrected chi connectivity index (χ3v) is 1.67. The molecule has 3 nitrogen and oxygen atoms in total. The number of rotatable bonds is 3. The Morgan fingerprint density at radius 3 is 2.40 bits per heavy atom. The van der Waals surface area contributed by atoms with Crippen molar-refractivity contribution >= 4 is 5.71 Å². The van der Waals surface area contributed by atoms with Gasteiger partial charge in [-0.1, -0.05) is 12.1 Å². The summed E-state index contributed by atoms with van der Waals surface area (Å²) in [5, 5.41) is 14.8. The molecule has 0 saturated carbocycles. The Balaban J connectivity index is 4.10. The van der Waals surface area contributed by atoms with E-state index in [2.05, 4.69) is 10.5 Å². The molecule has 0 amide bonds. The third-order valence-electron chi connectivity index (χ3n) is 1.67. The summed E-state index contributed by atoms with van der Waals surface area (Å²) in [5.74, 6) is 0. The van der Waals surface area contributed by atoms with Crippen molar-refractivity contribution in [2.75, 3.05) is 6.54 Å². The molecule has 0 heterocycles. The van der Waals surface area contributed by atoms with E-state index in [1.165, 1.54) is 0 Å². The molecule has 2 N–H and O–H groups in total. The minimum atomic E-state index is -0.191. The van der Waals surface area contributed by atoms with E-state index in [0.29, 0.717) is 5.71 Å². The average Bonchev–Trinajstić information content (AvgIpc) is 1.86. The van der Waals surface area contributed by atoms with Crippen LogP contribution in [0.1, 0.15) is 27.7 Å². The molecule has 0 saturated heterocycles. The fourth-order valence-electron chi connectivity index (χ4n) is 0.695. The summed E-state index contributed by atoms with van der Waals surface area (Å²) in [6.07, 6.45) is 0. The van der Waals surface area contributed by atoms with Crippen LogP contribution in [0.2, 0.25) is 0 Å². The standard InChI is InChI=1S/C7H16N2O/c1-5-8-7(3,4)6(2)9-10/h8,10H,5H2,1-4H3/b9-6-. The Hall–Kier alpha value is -0.570. The number of nitrogens with zero attached hydrogens (tertiary/aromatic N) is 1. The lowest BCUT2D eigenvalue weighted by Crippen LogP contribution is -2.45. The van der Waals surface area contributed by atoms with Crippen molar-refractivity contribution in [3.63, 3.8) is 0 Å². The maximum absolute atomic E-state index is 8.44. The first kappa shape index (κ1) is 9.43. The van der Waals surface area contributed by atoms with Crippen molar-refractivity contribution in [2.24, 2.45) is 5.16 Å². The highest BCUT2D eigenvalue weighted by atomic mass is 16.4. The van der Waals surface area contributed by atoms with Crippen molar-refractivity contribution in [2.45, 2.75) is 33.2 Å². The van der Waals surface area contributed by atoms with E-state index in [-0.39, 0.29) is 5.54 Å². The molecule has 0 aliphatic heterocycles. The zero-order valence-corrected chi connectivity index (χ0v) is 7.10. The number of hydrogen-bond acceptors (Lipinski definition) is 3. The number of nitrogens with one attached hydrogen (secondary N) is 1. The molecule has 0 rings (SSSR count). The van der Waals surface area contributed by atoms with E-state index >= 15 is 0 Å². The molecule has 0 aliphatic carbocycles. The summed E-state index contributed by atoms with van der Waals surface area (Å²) in [6.45, 7) is 8.64. The molecule has 0 spiro atoms. The van der Waals surface area contributed by atoms with E-state index < -0.39 is 0 Å². The molecule has 0 radical (unpaired) electrons. The molecule has 0 aromatic carbocycles. The molecule has 0 bridgehead atoms. The van der Waals surface area contributed by atoms with Gasteiger partial charge in [0.15, 0.2) is 0 Å². The van der Waals surface area contributed by atoms with Gasteiger partial charge in [0.1, 0.15) is 0 Å². The van der Waals surface area contributed by atoms with Crippen LogP contribution in [0.3, 0.4) is 0 Å². The molecule has 0 unspecified atom stereocenters. The van der Waals surface area contributed by atoms with Crippen molar-refractivity contribution in [3.05, 3.63) is 0 Å². The molecule has 0 aliphatic rings. The van der Waals surface area contributed by atoms with E-state index in [1.807, 2.05) is 20.8 Å². The van der Waals surface area contributed by atoms with E-state index in [1.54, 1.807) is 6.92 Å². The molecule has 0 atom stereocenters. The molecule has 10 heavy (non-hydrogen) atoms. The fourth-order valence-corrected chi connectivity index (χ4v) is 0.695. The molecule has 0 fully saturated rings. The van der Waals surface area contributed by atoms with Gasteiger partial charge in [-0.3, -0.25) is 0 Å². The van der Waals surface area contributed by atoms with Crippen LogP contribution in [0.25, 0.3) is 0 Å². The van der Waals surface area contributed by atoms with Gasteiger partial charge in [0.25, 0.3) is 0 Å². The van der Waals surface area contributed by atoms with Crippen LogP contribution in [0.15, 0.2) is 5.16 Å². The van der Waals surface area contributed by atoms with Crippen molar-refractivity contribution in [1.29, 1.82) is 0 Å². The van der Waals surface area contributed by atoms with Crippen LogP contribution in [0.5, 0.6) is 0 Å². The van der Waals surface area contributed by atoms with E-state index in [9.17, 15) is 0 Å². The second-order valence-corrected chi connectivity index (χ2v) is 2.84. The smallest absolute Gasteiger partial charge is 0.0734 e. The third kappa shape index (κ3) is 2.35. The predicted octanol–water partition coefficient (Wildman–Crippen LogP) is 1.22. The lowest BCUT2D eigenvalue weighted by atomic mass is 10.00. The van der Waals surface area contributed by atoms with Crippen molar-refractivity contribution in [3.8, 4) is 0 Å². The van der Waals surface area contributed by atoms with Crippen LogP contribution in [0.4, 0.5) is 0 Å². The SMILES string of the molecule is CCNC(C)(C)/C(C)=N\O. The maximum atomic E-state index is 8.44. The Morgan fingerprint density at radius 1 is 1.60 bits per heavy atom. The first-order valence-electron chi connectivity index (χ1n) is 3.48. The van der Waals surface area contributed by atoms with Gasteiger partial charge in [-0.15, -0.1) is 0 Å². The first-order chi connectivity index (χ1) is 4.54. The second-order valence-electron chi connectivity index (χ2n) is 2.84. The summed E-state index contributed by atoms with van der Waals surface area (Å²) in [7, 11) is 0. The van der Waals surface area contributed by atoms with Gasteiger partial charge < -0.3 is 10.5 Å². The summed E-state index contributed by atoms with van der Waals surface area (Å²) in [6, 6.07) is 0. The highest BCUT2D eigenvalue weighted by molar-refractivity contribution is 5.90. The molecule has 60 valence electrons. The van der Waals surface area contributed by atoms with Gasteiger partial charge in [0.2, 0.25) is 0 Å². The quantitative estimate of drug-likeness (QED) is 0.355.